The van der Waals surface area contributed by atoms with Gasteiger partial charge in [0.25, 0.3) is 0 Å². The molecule has 242 valence electrons. The van der Waals surface area contributed by atoms with E-state index in [4.69, 9.17) is 23.7 Å². The summed E-state index contributed by atoms with van der Waals surface area (Å²) in [6.45, 7) is 17.4. The lowest BCUT2D eigenvalue weighted by molar-refractivity contribution is -0.266. The number of ether oxygens (including phenoxy) is 5. The molecule has 0 aromatic heterocycles. The van der Waals surface area contributed by atoms with Crippen LogP contribution in [-0.2, 0) is 47.7 Å². The summed E-state index contributed by atoms with van der Waals surface area (Å²) in [7, 11) is 0. The van der Waals surface area contributed by atoms with Gasteiger partial charge in [-0.3, -0.25) is 24.0 Å². The zero-order chi connectivity index (χ0) is 33.2. The van der Waals surface area contributed by atoms with Crippen LogP contribution < -0.4 is 5.32 Å². The molecule has 1 amide bonds. The van der Waals surface area contributed by atoms with Gasteiger partial charge in [0.2, 0.25) is 0 Å². The third-order valence-electron chi connectivity index (χ3n) is 5.72. The van der Waals surface area contributed by atoms with Crippen LogP contribution in [0.2, 0.25) is 0 Å². The van der Waals surface area contributed by atoms with Crippen molar-refractivity contribution in [1.29, 1.82) is 0 Å². The summed E-state index contributed by atoms with van der Waals surface area (Å²) in [5.74, 6) is -5.85. The van der Waals surface area contributed by atoms with Gasteiger partial charge in [-0.25, -0.2) is 0 Å². The monoisotopic (exact) mass is 611 g/mol. The Morgan fingerprint density at radius 3 is 1.31 bits per heavy atom. The molecule has 1 N–H and O–H groups in total. The predicted octanol–water partition coefficient (Wildman–Crippen LogP) is 3.85. The lowest BCUT2D eigenvalue weighted by Crippen LogP contribution is -2.67. The van der Waals surface area contributed by atoms with Crippen molar-refractivity contribution in [2.24, 2.45) is 21.7 Å². The lowest BCUT2D eigenvalue weighted by Gasteiger charge is -2.46. The number of carbonyl (C=O) groups excluding carboxylic acids is 5. The minimum Gasteiger partial charge on any atom is -0.462 e. The van der Waals surface area contributed by atoms with Gasteiger partial charge in [-0.05, 0) is 83.1 Å². The summed E-state index contributed by atoms with van der Waals surface area (Å²) in [6, 6.07) is 0. The van der Waals surface area contributed by atoms with E-state index >= 15 is 0 Å². The highest BCUT2D eigenvalue weighted by Crippen LogP contribution is 2.34. The molecule has 1 saturated heterocycles. The van der Waals surface area contributed by atoms with Crippen molar-refractivity contribution in [3.8, 4) is 0 Å². The van der Waals surface area contributed by atoms with Gasteiger partial charge >= 0.3 is 36.0 Å². The van der Waals surface area contributed by atoms with Crippen molar-refractivity contribution in [3.05, 3.63) is 0 Å². The van der Waals surface area contributed by atoms with Gasteiger partial charge in [0.15, 0.2) is 24.5 Å². The molecule has 3 unspecified atom stereocenters. The molecule has 14 heteroatoms. The maximum absolute atomic E-state index is 13.3. The largest absolute Gasteiger partial charge is 0.471 e. The zero-order valence-electron chi connectivity index (χ0n) is 26.3. The Balaban J connectivity index is 3.82. The quantitative estimate of drug-likeness (QED) is 0.347. The number of nitrogens with one attached hydrogen (secondary N) is 1. The first-order valence-electron chi connectivity index (χ1n) is 13.4. The fourth-order valence-corrected chi connectivity index (χ4v) is 3.06. The van der Waals surface area contributed by atoms with E-state index in [2.05, 4.69) is 0 Å². The highest BCUT2D eigenvalue weighted by molar-refractivity contribution is 5.82. The molecule has 42 heavy (non-hydrogen) atoms. The van der Waals surface area contributed by atoms with Crippen LogP contribution in [0.3, 0.4) is 0 Å². The minimum atomic E-state index is -5.37. The van der Waals surface area contributed by atoms with E-state index in [1.807, 2.05) is 0 Å². The van der Waals surface area contributed by atoms with Crippen molar-refractivity contribution in [2.75, 3.05) is 6.61 Å². The molecule has 0 spiro atoms. The summed E-state index contributed by atoms with van der Waals surface area (Å²) in [4.78, 5) is 63.6. The van der Waals surface area contributed by atoms with Crippen molar-refractivity contribution < 1.29 is 60.8 Å². The Labute approximate surface area is 244 Å². The summed E-state index contributed by atoms with van der Waals surface area (Å²) in [5.41, 5.74) is -4.49. The standard InChI is InChI=1S/C28H44F3NO10/c1-24(2,3)20(34)38-13-14-15(40-21(35)25(4,5)6)16(41-22(36)26(7,8)9)17(42-23(37)27(10,11)12)18(39-14)32-19(33)28(29,30)31/h14-18H,13H2,1-12H3,(H,32,33)/t14?,15-,16?,17?,18+/m0/s1. The average Bonchev–Trinajstić information content (AvgIpc) is 2.77. The van der Waals surface area contributed by atoms with Gasteiger partial charge in [-0.2, -0.15) is 13.2 Å². The van der Waals surface area contributed by atoms with Crippen LogP contribution in [-0.4, -0.2) is 73.2 Å². The van der Waals surface area contributed by atoms with E-state index in [9.17, 15) is 37.1 Å². The van der Waals surface area contributed by atoms with Crippen molar-refractivity contribution in [1.82, 2.24) is 5.32 Å². The molecule has 0 bridgehead atoms. The number of alkyl halides is 3. The smallest absolute Gasteiger partial charge is 0.462 e. The van der Waals surface area contributed by atoms with Crippen LogP contribution in [0.5, 0.6) is 0 Å². The number of hydrogen-bond donors (Lipinski definition) is 1. The van der Waals surface area contributed by atoms with Gasteiger partial charge in [0.1, 0.15) is 12.7 Å². The molecule has 0 saturated carbocycles. The number of esters is 4. The van der Waals surface area contributed by atoms with Gasteiger partial charge in [0, 0.05) is 0 Å². The molecule has 5 atom stereocenters. The molecule has 1 heterocycles. The van der Waals surface area contributed by atoms with Crippen LogP contribution in [0.1, 0.15) is 83.1 Å². The Morgan fingerprint density at radius 1 is 0.595 bits per heavy atom. The summed E-state index contributed by atoms with van der Waals surface area (Å²) < 4.78 is 67.8. The van der Waals surface area contributed by atoms with Crippen LogP contribution in [0.4, 0.5) is 13.2 Å². The normalized spacial score (nSPS) is 23.8. The van der Waals surface area contributed by atoms with Gasteiger partial charge in [-0.15, -0.1) is 0 Å². The maximum atomic E-state index is 13.3. The van der Waals surface area contributed by atoms with Gasteiger partial charge in [0.05, 0.1) is 21.7 Å². The van der Waals surface area contributed by atoms with Crippen molar-refractivity contribution in [2.45, 2.75) is 120 Å². The van der Waals surface area contributed by atoms with E-state index in [0.717, 1.165) is 0 Å². The van der Waals surface area contributed by atoms with E-state index in [-0.39, 0.29) is 0 Å². The van der Waals surface area contributed by atoms with Gasteiger partial charge in [-0.1, -0.05) is 0 Å². The molecule has 1 rings (SSSR count). The first-order valence-corrected chi connectivity index (χ1v) is 13.4. The number of rotatable bonds is 6. The molecule has 0 radical (unpaired) electrons. The second kappa shape index (κ2) is 12.8. The topological polar surface area (TPSA) is 144 Å². The zero-order valence-corrected chi connectivity index (χ0v) is 26.3. The van der Waals surface area contributed by atoms with E-state index in [1.54, 1.807) is 26.1 Å². The molecule has 1 aliphatic rings. The summed E-state index contributed by atoms with van der Waals surface area (Å²) >= 11 is 0. The van der Waals surface area contributed by atoms with Gasteiger partial charge < -0.3 is 29.0 Å². The summed E-state index contributed by atoms with van der Waals surface area (Å²) in [5, 5.41) is 1.62. The predicted molar refractivity (Wildman–Crippen MR) is 141 cm³/mol. The second-order valence-electron chi connectivity index (χ2n) is 14.3. The third-order valence-corrected chi connectivity index (χ3v) is 5.72. The average molecular weight is 612 g/mol. The Kier molecular flexibility index (Phi) is 11.3. The number of halogens is 3. The Bertz CT molecular complexity index is 1030. The third kappa shape index (κ3) is 10.4. The fraction of sp³-hybridized carbons (Fsp3) is 0.821. The first-order chi connectivity index (χ1) is 18.6. The molecular formula is C28H44F3NO10. The van der Waals surface area contributed by atoms with E-state index < -0.39 is 94.9 Å². The molecule has 11 nitrogen and oxygen atoms in total. The van der Waals surface area contributed by atoms with Crippen LogP contribution in [0.25, 0.3) is 0 Å². The highest BCUT2D eigenvalue weighted by atomic mass is 19.4. The second-order valence-corrected chi connectivity index (χ2v) is 14.3. The van der Waals surface area contributed by atoms with Crippen molar-refractivity contribution >= 4 is 29.8 Å². The molecule has 0 aromatic rings. The van der Waals surface area contributed by atoms with Crippen LogP contribution in [0, 0.1) is 21.7 Å². The van der Waals surface area contributed by atoms with Crippen LogP contribution >= 0.6 is 0 Å². The molecule has 1 aliphatic heterocycles. The first kappa shape index (κ1) is 37.1. The SMILES string of the molecule is CC(C)(C)C(=O)OCC1O[C@@H](NC(=O)C(F)(F)F)C(OC(=O)C(C)(C)C)C(OC(=O)C(C)(C)C)[C@H]1OC(=O)C(C)(C)C. The number of amides is 1. The fourth-order valence-electron chi connectivity index (χ4n) is 3.06. The highest BCUT2D eigenvalue weighted by Gasteiger charge is 2.56. The van der Waals surface area contributed by atoms with Crippen molar-refractivity contribution in [3.63, 3.8) is 0 Å². The lowest BCUT2D eigenvalue weighted by atomic mass is 9.92. The Hall–Kier alpha value is -2.90. The van der Waals surface area contributed by atoms with E-state index in [0.29, 0.717) is 0 Å². The minimum absolute atomic E-state index is 0.680. The number of hydrogen-bond acceptors (Lipinski definition) is 10. The molecule has 0 aliphatic carbocycles. The molecule has 0 aromatic carbocycles. The Morgan fingerprint density at radius 2 is 0.952 bits per heavy atom. The summed E-state index contributed by atoms with van der Waals surface area (Å²) in [6.07, 6.45) is -14.4. The molecule has 1 fully saturated rings. The number of carbonyl (C=O) groups is 5. The van der Waals surface area contributed by atoms with Crippen LogP contribution in [0.15, 0.2) is 0 Å². The molecular weight excluding hydrogens is 567 g/mol. The maximum Gasteiger partial charge on any atom is 0.471 e. The van der Waals surface area contributed by atoms with E-state index in [1.165, 1.54) is 62.3 Å².